The van der Waals surface area contributed by atoms with Gasteiger partial charge >= 0.3 is 45.8 Å². The zero-order valence-corrected chi connectivity index (χ0v) is 6.69. The van der Waals surface area contributed by atoms with Crippen molar-refractivity contribution in [2.24, 2.45) is 17.2 Å². The van der Waals surface area contributed by atoms with E-state index in [4.69, 9.17) is 15.0 Å². The Balaban J connectivity index is 5.84. The van der Waals surface area contributed by atoms with E-state index >= 15 is 0 Å². The Morgan fingerprint density at radius 1 is 0.667 bits per heavy atom. The molecule has 66 valence electrons. The second-order valence-corrected chi connectivity index (χ2v) is 19.0. The fourth-order valence-electron chi connectivity index (χ4n) is 0. The van der Waals surface area contributed by atoms with Gasteiger partial charge in [-0.1, -0.05) is 0 Å². The van der Waals surface area contributed by atoms with Crippen LogP contribution in [0.25, 0.3) is 0 Å². The third-order valence-corrected chi connectivity index (χ3v) is 0. The summed E-state index contributed by atoms with van der Waals surface area (Å²) in [5.41, 5.74) is 0. The molecule has 0 aromatic heterocycles. The third-order valence-electron chi connectivity index (χ3n) is 0. The summed E-state index contributed by atoms with van der Waals surface area (Å²) < 4.78 is 49.5. The number of hydrogen-bond donors (Lipinski definition) is 8. The van der Waals surface area contributed by atoms with Crippen molar-refractivity contribution in [1.82, 2.24) is 0 Å². The van der Waals surface area contributed by atoms with E-state index < -0.39 is 13.6 Å². The van der Waals surface area contributed by atoms with E-state index in [1.54, 1.807) is 0 Å². The first-order chi connectivity index (χ1) is 2.83. The van der Waals surface area contributed by atoms with Gasteiger partial charge in [0.25, 0.3) is 0 Å². The fourth-order valence-corrected chi connectivity index (χ4v) is 0. The number of nitrogens with two attached hydrogens (primary N) is 4. The van der Waals surface area contributed by atoms with Crippen molar-refractivity contribution in [2.75, 3.05) is 0 Å². The minimum atomic E-state index is -9.21. The molecule has 12 N–H and O–H groups in total. The Hall–Kier alpha value is 0.368. The first kappa shape index (κ1) is 9.37. The van der Waals surface area contributed by atoms with E-state index in [-0.39, 0.29) is 0 Å². The zero-order chi connectivity index (χ0) is 8.35. The van der Waals surface area contributed by atoms with Crippen LogP contribution in [-0.2, 0) is 13.6 Å². The van der Waals surface area contributed by atoms with Gasteiger partial charge in [0.05, 0.1) is 0 Å². The van der Waals surface area contributed by atoms with Crippen LogP contribution in [0.5, 0.6) is 0 Å². The molecule has 0 rings (SSSR count). The van der Waals surface area contributed by atoms with Crippen LogP contribution in [0.3, 0.4) is 0 Å². The predicted molar refractivity (Wildman–Crippen MR) is 25.6 cm³/mol. The summed E-state index contributed by atoms with van der Waals surface area (Å²) in [5, 5.41) is 0. The fraction of sp³-hybridized carbons (Fsp3) is 0. The molecular weight excluding hydrogens is 315 g/mol. The van der Waals surface area contributed by atoms with E-state index in [0.717, 1.165) is 0 Å². The first-order valence-corrected chi connectivity index (χ1v) is 10.6. The first-order valence-electron chi connectivity index (χ1n) is 1.30. The average molecular weight is 327 g/mol. The Labute approximate surface area is 46.4 Å². The normalized spacial score (nSPS) is 31.1. The molecule has 0 amide bonds. The van der Waals surface area contributed by atoms with Gasteiger partial charge in [0.1, 0.15) is 0 Å². The molecule has 8 nitrogen and oxygen atoms in total. The van der Waals surface area contributed by atoms with Gasteiger partial charge in [-0.2, -0.15) is 0 Å². The molecule has 0 heterocycles. The van der Waals surface area contributed by atoms with Crippen LogP contribution in [0.1, 0.15) is 0 Å². The summed E-state index contributed by atoms with van der Waals surface area (Å²) in [6.45, 7) is 0. The Morgan fingerprint density at radius 3 is 0.667 bits per heavy atom. The van der Waals surface area contributed by atoms with Crippen LogP contribution in [0, 0.1) is 0 Å². The average Bonchev–Trinajstić information content (AvgIpc) is 0.503. The van der Waals surface area contributed by atoms with Crippen molar-refractivity contribution in [3.8, 4) is 0 Å². The van der Waals surface area contributed by atoms with Gasteiger partial charge in [-0.25, -0.2) is 0 Å². The van der Waals surface area contributed by atoms with Gasteiger partial charge in [0.2, 0.25) is 0 Å². The van der Waals surface area contributed by atoms with Crippen LogP contribution in [0.15, 0.2) is 0 Å². The van der Waals surface area contributed by atoms with Crippen molar-refractivity contribution in [3.63, 3.8) is 0 Å². The van der Waals surface area contributed by atoms with E-state index in [9.17, 15) is 0 Å². The minimum absolute atomic E-state index is 4.05. The number of rotatable bonds is 0. The summed E-state index contributed by atoms with van der Waals surface area (Å²) in [5.74, 6) is 0. The van der Waals surface area contributed by atoms with Gasteiger partial charge in [-0.05, 0) is 0 Å². The van der Waals surface area contributed by atoms with Crippen molar-refractivity contribution in [1.29, 1.82) is 0 Å². The van der Waals surface area contributed by atoms with Crippen molar-refractivity contribution < 1.29 is 28.6 Å². The molecule has 0 saturated carbocycles. The maximum absolute atomic E-state index is 9.21. The Bertz CT molecular complexity index is 147. The van der Waals surface area contributed by atoms with Crippen LogP contribution < -0.4 is 17.2 Å². The van der Waals surface area contributed by atoms with E-state index in [1.165, 1.54) is 0 Å². The molecule has 0 atom stereocenters. The molecule has 9 heavy (non-hydrogen) atoms. The van der Waals surface area contributed by atoms with Crippen LogP contribution in [0.4, 0.5) is 0 Å². The molecule has 0 unspecified atom stereocenters. The molecule has 0 saturated heterocycles. The van der Waals surface area contributed by atoms with Gasteiger partial charge in [0.15, 0.2) is 0 Å². The van der Waals surface area contributed by atoms with Crippen LogP contribution in [0.2, 0.25) is 0 Å². The molecule has 0 fully saturated rings. The number of hydrogen-bond acceptors (Lipinski definition) is 8. The van der Waals surface area contributed by atoms with Crippen molar-refractivity contribution in [3.05, 3.63) is 0 Å². The quantitative estimate of drug-likeness (QED) is 0.218. The molecular formula is H12N4O4Pt. The van der Waals surface area contributed by atoms with Gasteiger partial charge < -0.3 is 0 Å². The summed E-state index contributed by atoms with van der Waals surface area (Å²) in [6, 6.07) is 0. The molecule has 0 aliphatic heterocycles. The van der Waals surface area contributed by atoms with Crippen LogP contribution >= 0.6 is 0 Å². The Kier molecular flexibility index (Phi) is 0.588. The summed E-state index contributed by atoms with van der Waals surface area (Å²) in [7, 11) is 0. The molecule has 0 radical (unpaired) electrons. The van der Waals surface area contributed by atoms with E-state index in [1.807, 2.05) is 0 Å². The predicted octanol–water partition coefficient (Wildman–Crippen LogP) is -4.59. The van der Waals surface area contributed by atoms with Gasteiger partial charge in [0, 0.05) is 0 Å². The second-order valence-electron chi connectivity index (χ2n) is 2.32. The monoisotopic (exact) mass is 327 g/mol. The molecule has 0 bridgehead atoms. The molecule has 0 aromatic carbocycles. The van der Waals surface area contributed by atoms with Crippen molar-refractivity contribution >= 4 is 0 Å². The second kappa shape index (κ2) is 0.565. The molecule has 0 aromatic rings. The summed E-state index contributed by atoms with van der Waals surface area (Å²) in [4.78, 5) is 0. The van der Waals surface area contributed by atoms with Crippen LogP contribution in [-0.4, -0.2) is 15.0 Å². The Morgan fingerprint density at radius 2 is 0.667 bits per heavy atom. The van der Waals surface area contributed by atoms with E-state index in [2.05, 4.69) is 17.2 Å². The summed E-state index contributed by atoms with van der Waals surface area (Å²) in [6.07, 6.45) is 0. The molecule has 0 aliphatic rings. The SMILES string of the molecule is [NH2][Pt]([NH2])([NH2])([NH2])([OH])([OH])([OH])[OH]. The summed E-state index contributed by atoms with van der Waals surface area (Å²) >= 11 is -9.21. The third kappa shape index (κ3) is 2500. The standard InChI is InChI=1S/4H2N.4H2O.Pt/h8*1H2;/q4*-1;;;;;+8/p-4. The molecule has 9 heteroatoms. The van der Waals surface area contributed by atoms with Crippen molar-refractivity contribution in [2.45, 2.75) is 0 Å². The molecule has 0 spiro atoms. The maximum atomic E-state index is 8.32. The van der Waals surface area contributed by atoms with E-state index in [0.29, 0.717) is 0 Å². The molecule has 0 aliphatic carbocycles. The van der Waals surface area contributed by atoms with Gasteiger partial charge in [-0.3, -0.25) is 0 Å². The van der Waals surface area contributed by atoms with Gasteiger partial charge in [-0.15, -0.1) is 0 Å². The zero-order valence-electron chi connectivity index (χ0n) is 4.41. The topological polar surface area (TPSA) is 185 Å².